The highest BCUT2D eigenvalue weighted by atomic mass is 16.3. The number of nitriles is 1. The second kappa shape index (κ2) is 6.61. The Morgan fingerprint density at radius 3 is 2.48 bits per heavy atom. The van der Waals surface area contributed by atoms with E-state index in [2.05, 4.69) is 31.1 Å². The van der Waals surface area contributed by atoms with E-state index in [-0.39, 0.29) is 0 Å². The summed E-state index contributed by atoms with van der Waals surface area (Å²) in [4.78, 5) is 8.68. The molecule has 0 atom stereocenters. The average molecular weight is 332 g/mol. The van der Waals surface area contributed by atoms with Crippen LogP contribution < -0.4 is 9.80 Å². The number of pyridine rings is 1. The summed E-state index contributed by atoms with van der Waals surface area (Å²) in [7, 11) is 0. The summed E-state index contributed by atoms with van der Waals surface area (Å²) in [5, 5.41) is 17.8. The van der Waals surface area contributed by atoms with Gasteiger partial charge in [-0.2, -0.15) is 5.26 Å². The van der Waals surface area contributed by atoms with Crippen LogP contribution in [0.15, 0.2) is 53.3 Å². The first-order valence-electron chi connectivity index (χ1n) is 8.08. The second-order valence-electron chi connectivity index (χ2n) is 5.71. The van der Waals surface area contributed by atoms with Gasteiger partial charge in [-0.05, 0) is 36.4 Å². The van der Waals surface area contributed by atoms with Gasteiger partial charge < -0.3 is 14.2 Å². The van der Waals surface area contributed by atoms with Crippen molar-refractivity contribution in [2.24, 2.45) is 0 Å². The van der Waals surface area contributed by atoms with Crippen molar-refractivity contribution in [2.45, 2.75) is 0 Å². The lowest BCUT2D eigenvalue weighted by molar-refractivity contribution is 0.578. The Labute approximate surface area is 145 Å². The van der Waals surface area contributed by atoms with Gasteiger partial charge in [0.2, 0.25) is 0 Å². The molecular formula is C18H16N6O. The molecule has 0 amide bonds. The highest BCUT2D eigenvalue weighted by Gasteiger charge is 2.21. The number of hydrogen-bond acceptors (Lipinski definition) is 7. The summed E-state index contributed by atoms with van der Waals surface area (Å²) >= 11 is 0. The molecule has 1 aliphatic heterocycles. The quantitative estimate of drug-likeness (QED) is 0.728. The van der Waals surface area contributed by atoms with Gasteiger partial charge in [0.05, 0.1) is 11.8 Å². The molecule has 0 aliphatic carbocycles. The summed E-state index contributed by atoms with van der Waals surface area (Å²) in [6.07, 6.45) is 3.35. The molecule has 3 aromatic heterocycles. The second-order valence-corrected chi connectivity index (χ2v) is 5.71. The fourth-order valence-corrected chi connectivity index (χ4v) is 2.93. The number of furan rings is 1. The van der Waals surface area contributed by atoms with Crippen molar-refractivity contribution < 1.29 is 4.42 Å². The molecule has 0 N–H and O–H groups in total. The van der Waals surface area contributed by atoms with Gasteiger partial charge in [0, 0.05) is 32.4 Å². The van der Waals surface area contributed by atoms with E-state index in [1.54, 1.807) is 24.6 Å². The Hall–Kier alpha value is -3.40. The van der Waals surface area contributed by atoms with Crippen LogP contribution in [0.1, 0.15) is 5.56 Å². The molecule has 1 aliphatic rings. The monoisotopic (exact) mass is 332 g/mol. The maximum atomic E-state index is 9.23. The molecule has 0 bridgehead atoms. The van der Waals surface area contributed by atoms with Gasteiger partial charge in [0.1, 0.15) is 17.6 Å². The lowest BCUT2D eigenvalue weighted by Gasteiger charge is -2.36. The number of anilines is 2. The van der Waals surface area contributed by atoms with Gasteiger partial charge in [-0.15, -0.1) is 10.2 Å². The van der Waals surface area contributed by atoms with Crippen molar-refractivity contribution in [2.75, 3.05) is 36.0 Å². The third-order valence-corrected chi connectivity index (χ3v) is 4.23. The van der Waals surface area contributed by atoms with Crippen LogP contribution in [0.4, 0.5) is 11.6 Å². The van der Waals surface area contributed by atoms with E-state index in [4.69, 9.17) is 4.42 Å². The number of rotatable bonds is 3. The average Bonchev–Trinajstić information content (AvgIpc) is 3.23. The zero-order valence-electron chi connectivity index (χ0n) is 13.5. The predicted octanol–water partition coefficient (Wildman–Crippen LogP) is 2.33. The summed E-state index contributed by atoms with van der Waals surface area (Å²) in [6, 6.07) is 13.4. The van der Waals surface area contributed by atoms with Gasteiger partial charge in [-0.1, -0.05) is 0 Å². The fraction of sp³-hybridized carbons (Fsp3) is 0.222. The van der Waals surface area contributed by atoms with Crippen LogP contribution in [-0.4, -0.2) is 41.4 Å². The van der Waals surface area contributed by atoms with Crippen LogP contribution in [0, 0.1) is 11.3 Å². The Kier molecular flexibility index (Phi) is 4.01. The number of piperazine rings is 1. The van der Waals surface area contributed by atoms with E-state index in [1.807, 2.05) is 24.3 Å². The largest absolute Gasteiger partial charge is 0.463 e. The zero-order chi connectivity index (χ0) is 17.1. The van der Waals surface area contributed by atoms with E-state index in [0.29, 0.717) is 11.3 Å². The molecular weight excluding hydrogens is 316 g/mol. The fourth-order valence-electron chi connectivity index (χ4n) is 2.93. The highest BCUT2D eigenvalue weighted by Crippen LogP contribution is 2.22. The van der Waals surface area contributed by atoms with Gasteiger partial charge >= 0.3 is 0 Å². The van der Waals surface area contributed by atoms with E-state index in [1.165, 1.54) is 0 Å². The summed E-state index contributed by atoms with van der Waals surface area (Å²) in [5.41, 5.74) is 1.33. The van der Waals surface area contributed by atoms with Crippen LogP contribution in [0.5, 0.6) is 0 Å². The van der Waals surface area contributed by atoms with Crippen molar-refractivity contribution in [1.29, 1.82) is 5.26 Å². The van der Waals surface area contributed by atoms with Crippen LogP contribution in [0.25, 0.3) is 11.5 Å². The lowest BCUT2D eigenvalue weighted by atomic mass is 10.2. The molecule has 1 saturated heterocycles. The lowest BCUT2D eigenvalue weighted by Crippen LogP contribution is -2.47. The van der Waals surface area contributed by atoms with Crippen molar-refractivity contribution in [3.63, 3.8) is 0 Å². The Balaban J connectivity index is 1.44. The Bertz CT molecular complexity index is 877. The van der Waals surface area contributed by atoms with E-state index in [0.717, 1.165) is 43.5 Å². The van der Waals surface area contributed by atoms with Gasteiger partial charge in [-0.3, -0.25) is 0 Å². The van der Waals surface area contributed by atoms with Gasteiger partial charge in [0.15, 0.2) is 11.6 Å². The molecule has 4 heterocycles. The van der Waals surface area contributed by atoms with Gasteiger partial charge in [0.25, 0.3) is 0 Å². The minimum atomic E-state index is 0.610. The van der Waals surface area contributed by atoms with Crippen molar-refractivity contribution in [1.82, 2.24) is 15.2 Å². The summed E-state index contributed by atoms with van der Waals surface area (Å²) in [5.74, 6) is 2.31. The Morgan fingerprint density at radius 2 is 1.80 bits per heavy atom. The molecule has 4 rings (SSSR count). The maximum Gasteiger partial charge on any atom is 0.154 e. The molecule has 124 valence electrons. The molecule has 0 unspecified atom stereocenters. The van der Waals surface area contributed by atoms with E-state index < -0.39 is 0 Å². The molecule has 7 nitrogen and oxygen atoms in total. The first-order chi connectivity index (χ1) is 12.3. The van der Waals surface area contributed by atoms with Crippen LogP contribution in [0.2, 0.25) is 0 Å². The zero-order valence-corrected chi connectivity index (χ0v) is 13.5. The Morgan fingerprint density at radius 1 is 0.960 bits per heavy atom. The minimum Gasteiger partial charge on any atom is -0.463 e. The molecule has 0 aromatic carbocycles. The molecule has 7 heteroatoms. The molecule has 1 fully saturated rings. The first-order valence-corrected chi connectivity index (χ1v) is 8.08. The summed E-state index contributed by atoms with van der Waals surface area (Å²) in [6.45, 7) is 3.17. The predicted molar refractivity (Wildman–Crippen MR) is 93.1 cm³/mol. The third-order valence-electron chi connectivity index (χ3n) is 4.23. The minimum absolute atomic E-state index is 0.610. The third kappa shape index (κ3) is 3.02. The van der Waals surface area contributed by atoms with Crippen LogP contribution in [0.3, 0.4) is 0 Å². The highest BCUT2D eigenvalue weighted by molar-refractivity contribution is 5.56. The molecule has 0 radical (unpaired) electrons. The molecule has 3 aromatic rings. The molecule has 0 saturated carbocycles. The number of hydrogen-bond donors (Lipinski definition) is 0. The molecule has 0 spiro atoms. The smallest absolute Gasteiger partial charge is 0.154 e. The van der Waals surface area contributed by atoms with Crippen molar-refractivity contribution in [3.8, 4) is 17.5 Å². The van der Waals surface area contributed by atoms with E-state index in [9.17, 15) is 5.26 Å². The standard InChI is InChI=1S/C18H16N6O/c19-13-14-3-1-7-20-18(14)24-10-8-23(9-11-24)17-6-5-15(21-22-17)16-4-2-12-25-16/h1-7,12H,8-11H2. The normalized spacial score (nSPS) is 14.4. The topological polar surface area (TPSA) is 82.1 Å². The van der Waals surface area contributed by atoms with Crippen molar-refractivity contribution in [3.05, 3.63) is 54.4 Å². The SMILES string of the molecule is N#Cc1cccnc1N1CCN(c2ccc(-c3ccco3)nn2)CC1. The first kappa shape index (κ1) is 15.1. The van der Waals surface area contributed by atoms with Crippen LogP contribution in [-0.2, 0) is 0 Å². The van der Waals surface area contributed by atoms with Crippen LogP contribution >= 0.6 is 0 Å². The van der Waals surface area contributed by atoms with Gasteiger partial charge in [-0.25, -0.2) is 4.98 Å². The van der Waals surface area contributed by atoms with E-state index >= 15 is 0 Å². The van der Waals surface area contributed by atoms with Crippen molar-refractivity contribution >= 4 is 11.6 Å². The number of aromatic nitrogens is 3. The molecule has 25 heavy (non-hydrogen) atoms. The maximum absolute atomic E-state index is 9.23. The number of nitrogens with zero attached hydrogens (tertiary/aromatic N) is 6. The summed E-state index contributed by atoms with van der Waals surface area (Å²) < 4.78 is 5.33.